The van der Waals surface area contributed by atoms with E-state index in [1.165, 1.54) is 56.9 Å². The first kappa shape index (κ1) is 24.4. The molecule has 0 aliphatic carbocycles. The lowest BCUT2D eigenvalue weighted by atomic mass is 10.1. The van der Waals surface area contributed by atoms with Crippen LogP contribution in [0.4, 0.5) is 4.39 Å². The Bertz CT molecular complexity index is 668. The largest absolute Gasteiger partial charge is 0.491 e. The molecule has 0 bridgehead atoms. The molecule has 1 unspecified atom stereocenters. The van der Waals surface area contributed by atoms with Crippen molar-refractivity contribution in [2.45, 2.75) is 97.1 Å². The van der Waals surface area contributed by atoms with Crippen molar-refractivity contribution in [2.75, 3.05) is 6.61 Å². The maximum atomic E-state index is 13.9. The highest BCUT2D eigenvalue weighted by Gasteiger charge is 2.08. The van der Waals surface area contributed by atoms with Crippen LogP contribution in [-0.2, 0) is 6.42 Å². The molecule has 1 aromatic heterocycles. The Morgan fingerprint density at radius 1 is 0.800 bits per heavy atom. The van der Waals surface area contributed by atoms with E-state index in [2.05, 4.69) is 31.0 Å². The second kappa shape index (κ2) is 15.0. The standard InChI is InChI=1S/C27H40FNO/c1-3-5-7-9-10-11-13-23-15-20-27(29-21-23)24-16-18-26(19-17-24)30-22-25(28)14-12-8-6-4-2/h15-21,25H,3-14,22H2,1-2H3. The van der Waals surface area contributed by atoms with Gasteiger partial charge in [-0.15, -0.1) is 0 Å². The normalized spacial score (nSPS) is 12.1. The molecule has 0 fully saturated rings. The molecule has 30 heavy (non-hydrogen) atoms. The molecule has 1 heterocycles. The lowest BCUT2D eigenvalue weighted by Crippen LogP contribution is -2.12. The van der Waals surface area contributed by atoms with Gasteiger partial charge in [0.1, 0.15) is 18.5 Å². The fourth-order valence-corrected chi connectivity index (χ4v) is 3.64. The zero-order valence-corrected chi connectivity index (χ0v) is 19.0. The van der Waals surface area contributed by atoms with E-state index < -0.39 is 6.17 Å². The average molecular weight is 414 g/mol. The number of alkyl halides is 1. The minimum Gasteiger partial charge on any atom is -0.491 e. The quantitative estimate of drug-likeness (QED) is 0.258. The van der Waals surface area contributed by atoms with Crippen LogP contribution < -0.4 is 4.74 Å². The van der Waals surface area contributed by atoms with Crippen LogP contribution in [0.25, 0.3) is 11.3 Å². The molecule has 166 valence electrons. The number of nitrogens with zero attached hydrogens (tertiary/aromatic N) is 1. The minimum absolute atomic E-state index is 0.136. The van der Waals surface area contributed by atoms with E-state index in [-0.39, 0.29) is 6.61 Å². The summed E-state index contributed by atoms with van der Waals surface area (Å²) in [5, 5.41) is 0. The Hall–Kier alpha value is -1.90. The number of halogens is 1. The molecule has 2 nitrogen and oxygen atoms in total. The van der Waals surface area contributed by atoms with Crippen LogP contribution in [0.1, 0.15) is 90.0 Å². The number of aromatic nitrogens is 1. The van der Waals surface area contributed by atoms with Gasteiger partial charge in [0, 0.05) is 11.8 Å². The molecule has 0 amide bonds. The molecule has 0 spiro atoms. The van der Waals surface area contributed by atoms with Gasteiger partial charge < -0.3 is 4.74 Å². The predicted octanol–water partition coefficient (Wildman–Crippen LogP) is 8.34. The van der Waals surface area contributed by atoms with Crippen LogP contribution >= 0.6 is 0 Å². The van der Waals surface area contributed by atoms with E-state index in [4.69, 9.17) is 4.74 Å². The smallest absolute Gasteiger partial charge is 0.134 e. The number of pyridine rings is 1. The Kier molecular flexibility index (Phi) is 12.2. The van der Waals surface area contributed by atoms with Gasteiger partial charge in [-0.1, -0.05) is 77.7 Å². The Morgan fingerprint density at radius 2 is 1.47 bits per heavy atom. The van der Waals surface area contributed by atoms with Gasteiger partial charge in [0.05, 0.1) is 5.69 Å². The van der Waals surface area contributed by atoms with Crippen LogP contribution in [0.5, 0.6) is 5.75 Å². The number of unbranched alkanes of at least 4 members (excludes halogenated alkanes) is 8. The maximum Gasteiger partial charge on any atom is 0.134 e. The molecule has 0 radical (unpaired) electrons. The van der Waals surface area contributed by atoms with Gasteiger partial charge in [0.15, 0.2) is 0 Å². The summed E-state index contributed by atoms with van der Waals surface area (Å²) < 4.78 is 19.5. The zero-order valence-electron chi connectivity index (χ0n) is 19.0. The van der Waals surface area contributed by atoms with Crippen LogP contribution in [0.15, 0.2) is 42.6 Å². The maximum absolute atomic E-state index is 13.9. The number of aryl methyl sites for hydroxylation is 1. The van der Waals surface area contributed by atoms with E-state index in [1.54, 1.807) is 0 Å². The summed E-state index contributed by atoms with van der Waals surface area (Å²) in [5.41, 5.74) is 3.33. The molecule has 0 N–H and O–H groups in total. The van der Waals surface area contributed by atoms with Crippen molar-refractivity contribution in [3.8, 4) is 17.0 Å². The second-order valence-electron chi connectivity index (χ2n) is 8.35. The summed E-state index contributed by atoms with van der Waals surface area (Å²) in [4.78, 5) is 4.63. The summed E-state index contributed by atoms with van der Waals surface area (Å²) in [5.74, 6) is 0.717. The third-order valence-corrected chi connectivity index (χ3v) is 5.60. The molecule has 2 aromatic rings. The zero-order chi connectivity index (χ0) is 21.4. The van der Waals surface area contributed by atoms with Crippen LogP contribution in [-0.4, -0.2) is 17.8 Å². The van der Waals surface area contributed by atoms with Gasteiger partial charge in [-0.25, -0.2) is 4.39 Å². The Morgan fingerprint density at radius 3 is 2.13 bits per heavy atom. The predicted molar refractivity (Wildman–Crippen MR) is 126 cm³/mol. The Balaban J connectivity index is 1.72. The molecule has 1 aromatic carbocycles. The second-order valence-corrected chi connectivity index (χ2v) is 8.35. The van der Waals surface area contributed by atoms with Crippen molar-refractivity contribution in [1.82, 2.24) is 4.98 Å². The molecule has 0 aliphatic rings. The summed E-state index contributed by atoms with van der Waals surface area (Å²) >= 11 is 0. The topological polar surface area (TPSA) is 22.1 Å². The average Bonchev–Trinajstić information content (AvgIpc) is 2.78. The molecule has 3 heteroatoms. The van der Waals surface area contributed by atoms with Gasteiger partial charge >= 0.3 is 0 Å². The third kappa shape index (κ3) is 9.73. The molecule has 0 saturated heterocycles. The van der Waals surface area contributed by atoms with Gasteiger partial charge in [0.25, 0.3) is 0 Å². The van der Waals surface area contributed by atoms with Crippen LogP contribution in [0.3, 0.4) is 0 Å². The first-order chi connectivity index (χ1) is 14.7. The number of rotatable bonds is 16. The molecular weight excluding hydrogens is 373 g/mol. The van der Waals surface area contributed by atoms with Crippen molar-refractivity contribution in [2.24, 2.45) is 0 Å². The van der Waals surface area contributed by atoms with E-state index in [0.29, 0.717) is 6.42 Å². The molecule has 2 rings (SSSR count). The highest BCUT2D eigenvalue weighted by Crippen LogP contribution is 2.22. The molecular formula is C27H40FNO. The van der Waals surface area contributed by atoms with Gasteiger partial charge in [-0.2, -0.15) is 0 Å². The van der Waals surface area contributed by atoms with Crippen LogP contribution in [0.2, 0.25) is 0 Å². The van der Waals surface area contributed by atoms with Gasteiger partial charge in [-0.05, 0) is 55.2 Å². The van der Waals surface area contributed by atoms with E-state index in [9.17, 15) is 4.39 Å². The fraction of sp³-hybridized carbons (Fsp3) is 0.593. The summed E-state index contributed by atoms with van der Waals surface area (Å²) in [6.45, 7) is 4.56. The highest BCUT2D eigenvalue weighted by molar-refractivity contribution is 5.60. The first-order valence-electron chi connectivity index (χ1n) is 12.0. The Labute approximate surface area is 183 Å². The summed E-state index contributed by atoms with van der Waals surface area (Å²) in [7, 11) is 0. The number of benzene rings is 1. The molecule has 0 aliphatic heterocycles. The van der Waals surface area contributed by atoms with E-state index >= 15 is 0 Å². The molecule has 1 atom stereocenters. The number of hydrogen-bond acceptors (Lipinski definition) is 2. The van der Waals surface area contributed by atoms with Crippen molar-refractivity contribution in [1.29, 1.82) is 0 Å². The monoisotopic (exact) mass is 413 g/mol. The van der Waals surface area contributed by atoms with Crippen molar-refractivity contribution < 1.29 is 9.13 Å². The third-order valence-electron chi connectivity index (χ3n) is 5.60. The fourth-order valence-electron chi connectivity index (χ4n) is 3.64. The molecule has 0 saturated carbocycles. The summed E-state index contributed by atoms with van der Waals surface area (Å²) in [6, 6.07) is 12.1. The SMILES string of the molecule is CCCCCCCCc1ccc(-c2ccc(OCC(F)CCCCCC)cc2)nc1. The highest BCUT2D eigenvalue weighted by atomic mass is 19.1. The number of hydrogen-bond donors (Lipinski definition) is 0. The van der Waals surface area contributed by atoms with Gasteiger partial charge in [-0.3, -0.25) is 4.98 Å². The first-order valence-corrected chi connectivity index (χ1v) is 12.0. The van der Waals surface area contributed by atoms with Crippen molar-refractivity contribution in [3.05, 3.63) is 48.2 Å². The van der Waals surface area contributed by atoms with Crippen molar-refractivity contribution in [3.63, 3.8) is 0 Å². The van der Waals surface area contributed by atoms with Crippen molar-refractivity contribution >= 4 is 0 Å². The lowest BCUT2D eigenvalue weighted by molar-refractivity contribution is 0.184. The minimum atomic E-state index is -0.887. The lowest BCUT2D eigenvalue weighted by Gasteiger charge is -2.11. The number of ether oxygens (including phenoxy) is 1. The summed E-state index contributed by atoms with van der Waals surface area (Å²) in [6.07, 6.45) is 15.1. The van der Waals surface area contributed by atoms with Crippen LogP contribution in [0, 0.1) is 0 Å². The van der Waals surface area contributed by atoms with E-state index in [1.807, 2.05) is 30.5 Å². The van der Waals surface area contributed by atoms with E-state index in [0.717, 1.165) is 36.3 Å². The van der Waals surface area contributed by atoms with Gasteiger partial charge in [0.2, 0.25) is 0 Å².